The molecule has 0 spiro atoms. The van der Waals surface area contributed by atoms with Crippen LogP contribution in [0.1, 0.15) is 36.8 Å². The number of carbonyl (C=O) groups is 1. The highest BCUT2D eigenvalue weighted by atomic mass is 16.1. The summed E-state index contributed by atoms with van der Waals surface area (Å²) in [5.74, 6) is 0.171. The van der Waals surface area contributed by atoms with Gasteiger partial charge < -0.3 is 10.3 Å². The lowest BCUT2D eigenvalue weighted by Crippen LogP contribution is -2.32. The first-order valence-corrected chi connectivity index (χ1v) is 6.68. The minimum absolute atomic E-state index is 0.00597. The van der Waals surface area contributed by atoms with Crippen molar-refractivity contribution in [2.75, 3.05) is 6.54 Å². The molecule has 18 heavy (non-hydrogen) atoms. The van der Waals surface area contributed by atoms with Crippen molar-refractivity contribution in [1.29, 1.82) is 0 Å². The largest absolute Gasteiger partial charge is 0.361 e. The van der Waals surface area contributed by atoms with Crippen LogP contribution in [0.3, 0.4) is 0 Å². The summed E-state index contributed by atoms with van der Waals surface area (Å²) in [4.78, 5) is 15.5. The zero-order chi connectivity index (χ0) is 12.5. The van der Waals surface area contributed by atoms with Gasteiger partial charge in [0.15, 0.2) is 0 Å². The Morgan fingerprint density at radius 2 is 2.28 bits per heavy atom. The predicted molar refractivity (Wildman–Crippen MR) is 72.7 cm³/mol. The number of hydrogen-bond acceptors (Lipinski definition) is 1. The van der Waals surface area contributed by atoms with E-state index in [4.69, 9.17) is 0 Å². The fraction of sp³-hybridized carbons (Fsp3) is 0.400. The lowest BCUT2D eigenvalue weighted by atomic mass is 9.88. The Hall–Kier alpha value is -1.77. The predicted octanol–water partition coefficient (Wildman–Crippen LogP) is 2.72. The van der Waals surface area contributed by atoms with E-state index >= 15 is 0 Å². The van der Waals surface area contributed by atoms with Crippen molar-refractivity contribution in [2.45, 2.75) is 32.1 Å². The molecule has 0 fully saturated rings. The second-order valence-electron chi connectivity index (χ2n) is 4.97. The normalized spacial score (nSPS) is 19.4. The number of H-pyrrole nitrogens is 1. The molecule has 3 heteroatoms. The molecule has 2 heterocycles. The molecule has 1 aliphatic heterocycles. The van der Waals surface area contributed by atoms with E-state index in [0.717, 1.165) is 31.3 Å². The maximum atomic E-state index is 12.2. The SMILES string of the molecule is CCCC1C(=O)NCCc2c[nH]c3cccc1c23. The molecule has 1 aliphatic rings. The van der Waals surface area contributed by atoms with E-state index in [0.29, 0.717) is 0 Å². The second kappa shape index (κ2) is 4.48. The fourth-order valence-electron chi connectivity index (χ4n) is 2.93. The molecule has 1 amide bonds. The number of hydrogen-bond donors (Lipinski definition) is 2. The molecule has 2 N–H and O–H groups in total. The van der Waals surface area contributed by atoms with E-state index in [9.17, 15) is 4.79 Å². The molecule has 0 saturated carbocycles. The van der Waals surface area contributed by atoms with Gasteiger partial charge in [0, 0.05) is 23.6 Å². The maximum absolute atomic E-state index is 12.2. The van der Waals surface area contributed by atoms with Crippen LogP contribution in [0.2, 0.25) is 0 Å². The summed E-state index contributed by atoms with van der Waals surface area (Å²) in [6.45, 7) is 2.87. The van der Waals surface area contributed by atoms with E-state index in [1.54, 1.807) is 0 Å². The zero-order valence-electron chi connectivity index (χ0n) is 10.6. The van der Waals surface area contributed by atoms with Gasteiger partial charge in [-0.15, -0.1) is 0 Å². The van der Waals surface area contributed by atoms with Crippen LogP contribution in [-0.2, 0) is 11.2 Å². The number of benzene rings is 1. The Kier molecular flexibility index (Phi) is 2.82. The molecule has 0 saturated heterocycles. The van der Waals surface area contributed by atoms with Gasteiger partial charge in [0.25, 0.3) is 0 Å². The van der Waals surface area contributed by atoms with Crippen LogP contribution in [0.25, 0.3) is 10.9 Å². The van der Waals surface area contributed by atoms with Gasteiger partial charge >= 0.3 is 0 Å². The molecular formula is C15H18N2O. The lowest BCUT2D eigenvalue weighted by Gasteiger charge is -2.20. The standard InChI is InChI=1S/C15H18N2O/c1-2-4-12-11-5-3-6-13-14(11)10(9-17-13)7-8-16-15(12)18/h3,5-6,9,12,17H,2,4,7-8H2,1H3,(H,16,18). The van der Waals surface area contributed by atoms with Crippen LogP contribution >= 0.6 is 0 Å². The van der Waals surface area contributed by atoms with Gasteiger partial charge in [-0.2, -0.15) is 0 Å². The molecular weight excluding hydrogens is 224 g/mol. The van der Waals surface area contributed by atoms with Crippen molar-refractivity contribution >= 4 is 16.8 Å². The number of amides is 1. The number of nitrogens with one attached hydrogen (secondary N) is 2. The average molecular weight is 242 g/mol. The molecule has 1 unspecified atom stereocenters. The Bertz CT molecular complexity index is 585. The highest BCUT2D eigenvalue weighted by molar-refractivity contribution is 5.94. The van der Waals surface area contributed by atoms with Crippen molar-refractivity contribution < 1.29 is 4.79 Å². The van der Waals surface area contributed by atoms with Gasteiger partial charge in [0.05, 0.1) is 5.92 Å². The van der Waals surface area contributed by atoms with E-state index in [-0.39, 0.29) is 11.8 Å². The molecule has 1 aromatic carbocycles. The van der Waals surface area contributed by atoms with Crippen LogP contribution in [-0.4, -0.2) is 17.4 Å². The minimum atomic E-state index is -0.00597. The summed E-state index contributed by atoms with van der Waals surface area (Å²) < 4.78 is 0. The average Bonchev–Trinajstić information content (AvgIpc) is 2.78. The molecule has 0 radical (unpaired) electrons. The van der Waals surface area contributed by atoms with Gasteiger partial charge in [-0.05, 0) is 30.0 Å². The molecule has 1 atom stereocenters. The molecule has 94 valence electrons. The first-order chi connectivity index (χ1) is 8.81. The third kappa shape index (κ3) is 1.70. The van der Waals surface area contributed by atoms with E-state index in [1.165, 1.54) is 16.5 Å². The van der Waals surface area contributed by atoms with Crippen LogP contribution in [0, 0.1) is 0 Å². The van der Waals surface area contributed by atoms with E-state index in [2.05, 4.69) is 35.6 Å². The van der Waals surface area contributed by atoms with E-state index < -0.39 is 0 Å². The fourth-order valence-corrected chi connectivity index (χ4v) is 2.93. The Balaban J connectivity index is 2.22. The zero-order valence-corrected chi connectivity index (χ0v) is 10.6. The van der Waals surface area contributed by atoms with Crippen molar-refractivity contribution in [3.8, 4) is 0 Å². The number of aromatic nitrogens is 1. The molecule has 0 bridgehead atoms. The van der Waals surface area contributed by atoms with Crippen molar-refractivity contribution in [3.05, 3.63) is 35.5 Å². The monoisotopic (exact) mass is 242 g/mol. The summed E-state index contributed by atoms with van der Waals surface area (Å²) in [5, 5.41) is 4.31. The second-order valence-corrected chi connectivity index (χ2v) is 4.97. The molecule has 1 aromatic heterocycles. The van der Waals surface area contributed by atoms with Gasteiger partial charge in [-0.1, -0.05) is 25.5 Å². The summed E-state index contributed by atoms with van der Waals surface area (Å²) in [6, 6.07) is 6.23. The third-order valence-corrected chi connectivity index (χ3v) is 3.78. The van der Waals surface area contributed by atoms with Gasteiger partial charge in [-0.25, -0.2) is 0 Å². The number of aromatic amines is 1. The van der Waals surface area contributed by atoms with Crippen molar-refractivity contribution in [3.63, 3.8) is 0 Å². The quantitative estimate of drug-likeness (QED) is 0.835. The Labute approximate surface area is 107 Å². The number of rotatable bonds is 2. The molecule has 3 rings (SSSR count). The smallest absolute Gasteiger partial charge is 0.227 e. The summed E-state index contributed by atoms with van der Waals surface area (Å²) >= 11 is 0. The van der Waals surface area contributed by atoms with Crippen LogP contribution in [0.15, 0.2) is 24.4 Å². The summed E-state index contributed by atoms with van der Waals surface area (Å²) in [6.07, 6.45) is 4.92. The highest BCUT2D eigenvalue weighted by Crippen LogP contribution is 2.32. The van der Waals surface area contributed by atoms with Crippen molar-refractivity contribution in [2.24, 2.45) is 0 Å². The van der Waals surface area contributed by atoms with Gasteiger partial charge in [0.1, 0.15) is 0 Å². The minimum Gasteiger partial charge on any atom is -0.361 e. The van der Waals surface area contributed by atoms with Gasteiger partial charge in [0.2, 0.25) is 5.91 Å². The first kappa shape index (κ1) is 11.3. The van der Waals surface area contributed by atoms with Crippen molar-refractivity contribution in [1.82, 2.24) is 10.3 Å². The summed E-state index contributed by atoms with van der Waals surface area (Å²) in [5.41, 5.74) is 3.66. The first-order valence-electron chi connectivity index (χ1n) is 6.68. The number of carbonyl (C=O) groups excluding carboxylic acids is 1. The summed E-state index contributed by atoms with van der Waals surface area (Å²) in [7, 11) is 0. The lowest BCUT2D eigenvalue weighted by molar-refractivity contribution is -0.122. The van der Waals surface area contributed by atoms with Crippen LogP contribution in [0.4, 0.5) is 0 Å². The Morgan fingerprint density at radius 3 is 3.11 bits per heavy atom. The third-order valence-electron chi connectivity index (χ3n) is 3.78. The Morgan fingerprint density at radius 1 is 1.39 bits per heavy atom. The van der Waals surface area contributed by atoms with E-state index in [1.807, 2.05) is 6.07 Å². The van der Waals surface area contributed by atoms with Crippen LogP contribution in [0.5, 0.6) is 0 Å². The topological polar surface area (TPSA) is 44.9 Å². The molecule has 3 nitrogen and oxygen atoms in total. The van der Waals surface area contributed by atoms with Crippen LogP contribution < -0.4 is 5.32 Å². The molecule has 2 aromatic rings. The molecule has 0 aliphatic carbocycles. The maximum Gasteiger partial charge on any atom is 0.227 e. The highest BCUT2D eigenvalue weighted by Gasteiger charge is 2.24. The van der Waals surface area contributed by atoms with Gasteiger partial charge in [-0.3, -0.25) is 4.79 Å².